The molecule has 68 valence electrons. The molecule has 0 aliphatic carbocycles. The third-order valence-corrected chi connectivity index (χ3v) is 2.77. The van der Waals surface area contributed by atoms with Crippen LogP contribution in [0.5, 0.6) is 0 Å². The van der Waals surface area contributed by atoms with Crippen molar-refractivity contribution < 1.29 is 4.74 Å². The molecule has 1 atom stereocenters. The highest BCUT2D eigenvalue weighted by atomic mass is 79.9. The number of methoxy groups -OCH3 is 1. The van der Waals surface area contributed by atoms with E-state index in [9.17, 15) is 0 Å². The topological polar surface area (TPSA) is 12.5 Å². The Morgan fingerprint density at radius 1 is 1.55 bits per heavy atom. The molecular weight excluding hydrogens is 206 g/mol. The van der Waals surface area contributed by atoms with Gasteiger partial charge in [-0.2, -0.15) is 0 Å². The van der Waals surface area contributed by atoms with Crippen LogP contribution in [0.1, 0.15) is 13.3 Å². The average molecular weight is 224 g/mol. The smallest absolute Gasteiger partial charge is 0.0474 e. The Morgan fingerprint density at radius 2 is 2.18 bits per heavy atom. The predicted octanol–water partition coefficient (Wildman–Crippen LogP) is 1.74. The second kappa shape index (κ2) is 7.07. The molecule has 11 heavy (non-hydrogen) atoms. The molecule has 0 aliphatic heterocycles. The van der Waals surface area contributed by atoms with Gasteiger partial charge in [-0.05, 0) is 20.4 Å². The van der Waals surface area contributed by atoms with Crippen LogP contribution in [0.2, 0.25) is 0 Å². The zero-order chi connectivity index (χ0) is 8.69. The highest BCUT2D eigenvalue weighted by Crippen LogP contribution is 2.00. The lowest BCUT2D eigenvalue weighted by molar-refractivity contribution is 0.172. The summed E-state index contributed by atoms with van der Waals surface area (Å²) >= 11 is 3.45. The van der Waals surface area contributed by atoms with E-state index >= 15 is 0 Å². The van der Waals surface area contributed by atoms with E-state index in [-0.39, 0.29) is 0 Å². The van der Waals surface area contributed by atoms with Crippen molar-refractivity contribution in [3.05, 3.63) is 0 Å². The molecule has 0 N–H and O–H groups in total. The molecule has 0 saturated carbocycles. The minimum Gasteiger partial charge on any atom is -0.385 e. The quantitative estimate of drug-likeness (QED) is 0.503. The van der Waals surface area contributed by atoms with Crippen LogP contribution in [0.25, 0.3) is 0 Å². The van der Waals surface area contributed by atoms with Crippen molar-refractivity contribution in [1.82, 2.24) is 4.90 Å². The molecule has 0 bridgehead atoms. The Kier molecular flexibility index (Phi) is 7.33. The summed E-state index contributed by atoms with van der Waals surface area (Å²) in [7, 11) is 3.88. The molecule has 0 aliphatic rings. The second-order valence-electron chi connectivity index (χ2n) is 2.83. The van der Waals surface area contributed by atoms with Gasteiger partial charge < -0.3 is 9.64 Å². The van der Waals surface area contributed by atoms with Gasteiger partial charge in [0, 0.05) is 31.6 Å². The van der Waals surface area contributed by atoms with Gasteiger partial charge in [-0.25, -0.2) is 0 Å². The summed E-state index contributed by atoms with van der Waals surface area (Å²) in [6.07, 6.45) is 1.12. The highest BCUT2D eigenvalue weighted by Gasteiger charge is 2.05. The zero-order valence-electron chi connectivity index (χ0n) is 7.64. The molecule has 2 nitrogen and oxygen atoms in total. The second-order valence-corrected chi connectivity index (χ2v) is 3.48. The minimum atomic E-state index is 0.617. The first-order valence-corrected chi connectivity index (χ1v) is 5.09. The van der Waals surface area contributed by atoms with Crippen molar-refractivity contribution in [2.24, 2.45) is 0 Å². The Hall–Kier alpha value is 0.400. The van der Waals surface area contributed by atoms with Gasteiger partial charge in [-0.3, -0.25) is 0 Å². The van der Waals surface area contributed by atoms with Crippen LogP contribution in [-0.4, -0.2) is 43.6 Å². The molecule has 0 fully saturated rings. The standard InChI is InChI=1S/C8H18BrNO/c1-8(7-9)10(2)5-4-6-11-3/h8H,4-7H2,1-3H3. The molecule has 0 aromatic carbocycles. The van der Waals surface area contributed by atoms with Gasteiger partial charge in [0.1, 0.15) is 0 Å². The van der Waals surface area contributed by atoms with Crippen molar-refractivity contribution in [2.45, 2.75) is 19.4 Å². The fraction of sp³-hybridized carbons (Fsp3) is 1.00. The van der Waals surface area contributed by atoms with Crippen molar-refractivity contribution in [2.75, 3.05) is 32.6 Å². The van der Waals surface area contributed by atoms with E-state index in [1.165, 1.54) is 0 Å². The van der Waals surface area contributed by atoms with E-state index in [1.54, 1.807) is 7.11 Å². The summed E-state index contributed by atoms with van der Waals surface area (Å²) in [5, 5.41) is 1.04. The maximum Gasteiger partial charge on any atom is 0.0474 e. The van der Waals surface area contributed by atoms with E-state index < -0.39 is 0 Å². The van der Waals surface area contributed by atoms with Gasteiger partial charge in [-0.15, -0.1) is 0 Å². The monoisotopic (exact) mass is 223 g/mol. The van der Waals surface area contributed by atoms with Crippen molar-refractivity contribution in [1.29, 1.82) is 0 Å². The Bertz CT molecular complexity index is 90.2. The Balaban J connectivity index is 3.28. The van der Waals surface area contributed by atoms with Crippen LogP contribution in [0, 0.1) is 0 Å². The summed E-state index contributed by atoms with van der Waals surface area (Å²) in [4.78, 5) is 2.33. The predicted molar refractivity (Wildman–Crippen MR) is 52.4 cm³/mol. The number of ether oxygens (including phenoxy) is 1. The summed E-state index contributed by atoms with van der Waals surface area (Å²) in [5.41, 5.74) is 0. The van der Waals surface area contributed by atoms with Gasteiger partial charge in [0.2, 0.25) is 0 Å². The van der Waals surface area contributed by atoms with Crippen LogP contribution in [-0.2, 0) is 4.74 Å². The molecule has 0 heterocycles. The SMILES string of the molecule is COCCCN(C)C(C)CBr. The van der Waals surface area contributed by atoms with Gasteiger partial charge in [0.15, 0.2) is 0 Å². The molecule has 0 saturated heterocycles. The number of nitrogens with zero attached hydrogens (tertiary/aromatic N) is 1. The summed E-state index contributed by atoms with van der Waals surface area (Å²) in [5.74, 6) is 0. The van der Waals surface area contributed by atoms with E-state index in [0.29, 0.717) is 6.04 Å². The lowest BCUT2D eigenvalue weighted by Crippen LogP contribution is -2.31. The lowest BCUT2D eigenvalue weighted by atomic mass is 10.3. The molecule has 0 aromatic heterocycles. The largest absolute Gasteiger partial charge is 0.385 e. The number of hydrogen-bond acceptors (Lipinski definition) is 2. The fourth-order valence-corrected chi connectivity index (χ4v) is 1.29. The van der Waals surface area contributed by atoms with Crippen LogP contribution in [0.15, 0.2) is 0 Å². The van der Waals surface area contributed by atoms with Crippen LogP contribution < -0.4 is 0 Å². The van der Waals surface area contributed by atoms with Crippen molar-refractivity contribution in [3.63, 3.8) is 0 Å². The zero-order valence-corrected chi connectivity index (χ0v) is 9.23. The molecular formula is C8H18BrNO. The van der Waals surface area contributed by atoms with Crippen molar-refractivity contribution >= 4 is 15.9 Å². The van der Waals surface area contributed by atoms with Crippen LogP contribution >= 0.6 is 15.9 Å². The number of halogens is 1. The van der Waals surface area contributed by atoms with E-state index in [0.717, 1.165) is 24.9 Å². The normalized spacial score (nSPS) is 13.9. The van der Waals surface area contributed by atoms with Gasteiger partial charge >= 0.3 is 0 Å². The Morgan fingerprint density at radius 3 is 2.64 bits per heavy atom. The highest BCUT2D eigenvalue weighted by molar-refractivity contribution is 9.09. The molecule has 0 spiro atoms. The maximum atomic E-state index is 4.97. The van der Waals surface area contributed by atoms with Crippen LogP contribution in [0.4, 0.5) is 0 Å². The number of hydrogen-bond donors (Lipinski definition) is 0. The Labute approximate surface area is 78.0 Å². The van der Waals surface area contributed by atoms with E-state index in [1.807, 2.05) is 0 Å². The molecule has 1 unspecified atom stereocenters. The third kappa shape index (κ3) is 5.65. The molecule has 0 aromatic rings. The lowest BCUT2D eigenvalue weighted by Gasteiger charge is -2.22. The molecule has 0 rings (SSSR count). The average Bonchev–Trinajstić information content (AvgIpc) is 2.03. The van der Waals surface area contributed by atoms with Gasteiger partial charge in [0.25, 0.3) is 0 Å². The summed E-state index contributed by atoms with van der Waals surface area (Å²) in [6, 6.07) is 0.617. The first-order chi connectivity index (χ1) is 5.22. The number of rotatable bonds is 6. The first kappa shape index (κ1) is 11.4. The fourth-order valence-electron chi connectivity index (χ4n) is 0.796. The summed E-state index contributed by atoms with van der Waals surface area (Å²) < 4.78 is 4.97. The van der Waals surface area contributed by atoms with E-state index in [2.05, 4.69) is 34.8 Å². The minimum absolute atomic E-state index is 0.617. The molecule has 0 amide bonds. The van der Waals surface area contributed by atoms with Crippen LogP contribution in [0.3, 0.4) is 0 Å². The summed E-state index contributed by atoms with van der Waals surface area (Å²) in [6.45, 7) is 4.18. The van der Waals surface area contributed by atoms with Crippen molar-refractivity contribution in [3.8, 4) is 0 Å². The maximum absolute atomic E-state index is 4.97. The van der Waals surface area contributed by atoms with Gasteiger partial charge in [-0.1, -0.05) is 15.9 Å². The van der Waals surface area contributed by atoms with E-state index in [4.69, 9.17) is 4.74 Å². The van der Waals surface area contributed by atoms with Gasteiger partial charge in [0.05, 0.1) is 0 Å². The molecule has 0 radical (unpaired) electrons. The molecule has 3 heteroatoms. The first-order valence-electron chi connectivity index (χ1n) is 3.97. The number of alkyl halides is 1. The third-order valence-electron chi connectivity index (χ3n) is 1.84.